The van der Waals surface area contributed by atoms with Crippen molar-refractivity contribution >= 4 is 10.9 Å². The molecular weight excluding hydrogens is 248 g/mol. The van der Waals surface area contributed by atoms with E-state index in [1.807, 2.05) is 6.07 Å². The Hall–Kier alpha value is -1.48. The lowest BCUT2D eigenvalue weighted by Crippen LogP contribution is -2.27. The zero-order valence-corrected chi connectivity index (χ0v) is 12.2. The van der Waals surface area contributed by atoms with Crippen molar-refractivity contribution in [2.45, 2.75) is 51.1 Å². The Labute approximate surface area is 120 Å². The molecule has 0 unspecified atom stereocenters. The van der Waals surface area contributed by atoms with Gasteiger partial charge in [-0.2, -0.15) is 0 Å². The second-order valence-electron chi connectivity index (χ2n) is 5.79. The number of hydrogen-bond acceptors (Lipinski definition) is 2. The lowest BCUT2D eigenvalue weighted by atomic mass is 10.1. The van der Waals surface area contributed by atoms with Gasteiger partial charge in [0.2, 0.25) is 0 Å². The molecule has 0 amide bonds. The summed E-state index contributed by atoms with van der Waals surface area (Å²) < 4.78 is 5.32. The second-order valence-corrected chi connectivity index (χ2v) is 5.79. The minimum Gasteiger partial charge on any atom is -0.497 e. The SMILES string of the molecule is COc1ccc2[nH]cc(CNC3CCCCCC3)c2c1. The molecule has 0 atom stereocenters. The highest BCUT2D eigenvalue weighted by Crippen LogP contribution is 2.24. The summed E-state index contributed by atoms with van der Waals surface area (Å²) in [6, 6.07) is 6.90. The predicted octanol–water partition coefficient (Wildman–Crippen LogP) is 3.99. The number of methoxy groups -OCH3 is 1. The van der Waals surface area contributed by atoms with Crippen LogP contribution in [0.5, 0.6) is 5.75 Å². The zero-order valence-electron chi connectivity index (χ0n) is 12.2. The minimum absolute atomic E-state index is 0.688. The molecule has 0 saturated heterocycles. The molecule has 2 aromatic rings. The molecule has 0 bridgehead atoms. The van der Waals surface area contributed by atoms with Crippen LogP contribution in [0, 0.1) is 0 Å². The van der Waals surface area contributed by atoms with Gasteiger partial charge in [0, 0.05) is 29.7 Å². The van der Waals surface area contributed by atoms with Gasteiger partial charge >= 0.3 is 0 Å². The van der Waals surface area contributed by atoms with Crippen LogP contribution in [-0.2, 0) is 6.54 Å². The molecule has 3 rings (SSSR count). The fourth-order valence-electron chi connectivity index (χ4n) is 3.17. The number of H-pyrrole nitrogens is 1. The van der Waals surface area contributed by atoms with Gasteiger partial charge in [0.15, 0.2) is 0 Å². The first-order chi connectivity index (χ1) is 9.86. The highest BCUT2D eigenvalue weighted by Gasteiger charge is 2.12. The number of ether oxygens (including phenoxy) is 1. The molecule has 1 aliphatic rings. The van der Waals surface area contributed by atoms with Crippen molar-refractivity contribution in [3.8, 4) is 5.75 Å². The van der Waals surface area contributed by atoms with E-state index < -0.39 is 0 Å². The van der Waals surface area contributed by atoms with E-state index in [0.29, 0.717) is 6.04 Å². The Morgan fingerprint density at radius 2 is 2.00 bits per heavy atom. The van der Waals surface area contributed by atoms with Gasteiger partial charge in [-0.15, -0.1) is 0 Å². The Balaban J connectivity index is 1.70. The Bertz CT molecular complexity index is 553. The van der Waals surface area contributed by atoms with E-state index in [-0.39, 0.29) is 0 Å². The van der Waals surface area contributed by atoms with Crippen molar-refractivity contribution in [1.29, 1.82) is 0 Å². The van der Waals surface area contributed by atoms with Gasteiger partial charge in [-0.05, 0) is 36.6 Å². The van der Waals surface area contributed by atoms with Gasteiger partial charge in [0.1, 0.15) is 5.75 Å². The summed E-state index contributed by atoms with van der Waals surface area (Å²) in [5.74, 6) is 0.924. The number of benzene rings is 1. The van der Waals surface area contributed by atoms with Gasteiger partial charge in [0.05, 0.1) is 7.11 Å². The molecule has 20 heavy (non-hydrogen) atoms. The fourth-order valence-corrected chi connectivity index (χ4v) is 3.17. The molecule has 1 aliphatic carbocycles. The van der Waals surface area contributed by atoms with Gasteiger partial charge in [0.25, 0.3) is 0 Å². The Morgan fingerprint density at radius 3 is 2.75 bits per heavy atom. The van der Waals surface area contributed by atoms with Gasteiger partial charge in [-0.1, -0.05) is 25.7 Å². The third-order valence-electron chi connectivity index (χ3n) is 4.41. The number of aromatic amines is 1. The summed E-state index contributed by atoms with van der Waals surface area (Å²) >= 11 is 0. The molecule has 1 saturated carbocycles. The minimum atomic E-state index is 0.688. The molecule has 1 aromatic carbocycles. The normalized spacial score (nSPS) is 17.2. The quantitative estimate of drug-likeness (QED) is 0.826. The van der Waals surface area contributed by atoms with Crippen molar-refractivity contribution < 1.29 is 4.74 Å². The lowest BCUT2D eigenvalue weighted by Gasteiger charge is -2.15. The maximum Gasteiger partial charge on any atom is 0.119 e. The standard InChI is InChI=1S/C17H24N2O/c1-20-15-8-9-17-16(10-15)13(12-19-17)11-18-14-6-4-2-3-5-7-14/h8-10,12,14,18-19H,2-7,11H2,1H3. The molecule has 1 aromatic heterocycles. The second kappa shape index (κ2) is 6.31. The Kier molecular flexibility index (Phi) is 4.26. The van der Waals surface area contributed by atoms with E-state index >= 15 is 0 Å². The first kappa shape index (κ1) is 13.5. The highest BCUT2D eigenvalue weighted by atomic mass is 16.5. The number of nitrogens with one attached hydrogen (secondary N) is 2. The maximum absolute atomic E-state index is 5.32. The Morgan fingerprint density at radius 1 is 1.20 bits per heavy atom. The van der Waals surface area contributed by atoms with Crippen LogP contribution in [0.1, 0.15) is 44.1 Å². The van der Waals surface area contributed by atoms with Gasteiger partial charge < -0.3 is 15.0 Å². The summed E-state index contributed by atoms with van der Waals surface area (Å²) in [5, 5.41) is 5.00. The summed E-state index contributed by atoms with van der Waals surface area (Å²) in [6.45, 7) is 0.942. The molecule has 2 N–H and O–H groups in total. The van der Waals surface area contributed by atoms with Crippen molar-refractivity contribution in [3.63, 3.8) is 0 Å². The fraction of sp³-hybridized carbons (Fsp3) is 0.529. The molecule has 0 spiro atoms. The van der Waals surface area contributed by atoms with E-state index in [0.717, 1.165) is 12.3 Å². The van der Waals surface area contributed by atoms with Crippen molar-refractivity contribution in [3.05, 3.63) is 30.0 Å². The third kappa shape index (κ3) is 2.98. The van der Waals surface area contributed by atoms with Crippen LogP contribution in [0.4, 0.5) is 0 Å². The van der Waals surface area contributed by atoms with Crippen molar-refractivity contribution in [1.82, 2.24) is 10.3 Å². The predicted molar refractivity (Wildman–Crippen MR) is 83.2 cm³/mol. The topological polar surface area (TPSA) is 37.0 Å². The van der Waals surface area contributed by atoms with Gasteiger partial charge in [-0.25, -0.2) is 0 Å². The first-order valence-corrected chi connectivity index (χ1v) is 7.74. The molecule has 1 fully saturated rings. The van der Waals surface area contributed by atoms with E-state index in [1.165, 1.54) is 55.0 Å². The van der Waals surface area contributed by atoms with Crippen LogP contribution >= 0.6 is 0 Å². The summed E-state index contributed by atoms with van der Waals surface area (Å²) in [7, 11) is 1.72. The summed E-state index contributed by atoms with van der Waals surface area (Å²) in [5.41, 5.74) is 2.52. The van der Waals surface area contributed by atoms with Crippen molar-refractivity contribution in [2.24, 2.45) is 0 Å². The van der Waals surface area contributed by atoms with Crippen molar-refractivity contribution in [2.75, 3.05) is 7.11 Å². The first-order valence-electron chi connectivity index (χ1n) is 7.74. The van der Waals surface area contributed by atoms with E-state index in [4.69, 9.17) is 4.74 Å². The lowest BCUT2D eigenvalue weighted by molar-refractivity contribution is 0.415. The molecule has 0 radical (unpaired) electrons. The third-order valence-corrected chi connectivity index (χ3v) is 4.41. The zero-order chi connectivity index (χ0) is 13.8. The van der Waals surface area contributed by atoms with Crippen LogP contribution in [0.3, 0.4) is 0 Å². The molecule has 1 heterocycles. The number of aromatic nitrogens is 1. The molecule has 108 valence electrons. The summed E-state index contributed by atoms with van der Waals surface area (Å²) in [4.78, 5) is 3.34. The van der Waals surface area contributed by atoms with Crippen LogP contribution in [0.25, 0.3) is 10.9 Å². The van der Waals surface area contributed by atoms with Crippen LogP contribution < -0.4 is 10.1 Å². The van der Waals surface area contributed by atoms with Crippen LogP contribution in [0.15, 0.2) is 24.4 Å². The van der Waals surface area contributed by atoms with Crippen LogP contribution in [0.2, 0.25) is 0 Å². The van der Waals surface area contributed by atoms with Crippen LogP contribution in [-0.4, -0.2) is 18.1 Å². The summed E-state index contributed by atoms with van der Waals surface area (Å²) in [6.07, 6.45) is 10.3. The molecule has 3 nitrogen and oxygen atoms in total. The average Bonchev–Trinajstić information content (AvgIpc) is 2.70. The number of hydrogen-bond donors (Lipinski definition) is 2. The van der Waals surface area contributed by atoms with E-state index in [2.05, 4.69) is 28.6 Å². The highest BCUT2D eigenvalue weighted by molar-refractivity contribution is 5.84. The average molecular weight is 272 g/mol. The smallest absolute Gasteiger partial charge is 0.119 e. The molecule has 3 heteroatoms. The van der Waals surface area contributed by atoms with E-state index in [1.54, 1.807) is 7.11 Å². The maximum atomic E-state index is 5.32. The van der Waals surface area contributed by atoms with E-state index in [9.17, 15) is 0 Å². The number of fused-ring (bicyclic) bond motifs is 1. The van der Waals surface area contributed by atoms with Gasteiger partial charge in [-0.3, -0.25) is 0 Å². The monoisotopic (exact) mass is 272 g/mol. The molecule has 0 aliphatic heterocycles. The number of rotatable bonds is 4. The molecular formula is C17H24N2O. The largest absolute Gasteiger partial charge is 0.497 e.